The minimum Gasteiger partial charge on any atom is -0.338 e. The molecule has 0 aliphatic carbocycles. The highest BCUT2D eigenvalue weighted by atomic mass is 35.5. The molecule has 0 aromatic carbocycles. The van der Waals surface area contributed by atoms with Crippen LogP contribution in [0, 0.1) is 0 Å². The molecule has 17 heavy (non-hydrogen) atoms. The van der Waals surface area contributed by atoms with Crippen LogP contribution >= 0.6 is 11.6 Å². The van der Waals surface area contributed by atoms with Crippen LogP contribution in [0.3, 0.4) is 0 Å². The molecule has 0 spiro atoms. The quantitative estimate of drug-likeness (QED) is 0.767. The van der Waals surface area contributed by atoms with Crippen LogP contribution in [0.1, 0.15) is 18.9 Å². The number of hydrogen-bond acceptors (Lipinski definition) is 4. The average molecular weight is 255 g/mol. The summed E-state index contributed by atoms with van der Waals surface area (Å²) in [6.45, 7) is 7.66. The summed E-state index contributed by atoms with van der Waals surface area (Å²) >= 11 is 5.72. The Hall–Kier alpha value is -0.870. The normalized spacial score (nSPS) is 17.4. The van der Waals surface area contributed by atoms with Gasteiger partial charge in [0.25, 0.3) is 0 Å². The van der Waals surface area contributed by atoms with Crippen molar-refractivity contribution in [2.75, 3.05) is 37.6 Å². The predicted octanol–water partition coefficient (Wildman–Crippen LogP) is 1.75. The van der Waals surface area contributed by atoms with Gasteiger partial charge in [0.15, 0.2) is 0 Å². The fourth-order valence-electron chi connectivity index (χ4n) is 2.07. The van der Waals surface area contributed by atoms with E-state index in [9.17, 15) is 0 Å². The topological polar surface area (TPSA) is 32.3 Å². The highest BCUT2D eigenvalue weighted by Crippen LogP contribution is 2.11. The van der Waals surface area contributed by atoms with E-state index in [2.05, 4.69) is 26.7 Å². The maximum atomic E-state index is 5.72. The Kier molecular flexibility index (Phi) is 4.57. The lowest BCUT2D eigenvalue weighted by atomic mass is 10.3. The van der Waals surface area contributed by atoms with Crippen LogP contribution in [0.15, 0.2) is 12.4 Å². The SMILES string of the molecule is CCCN1CCN(c2ncc(CCl)cn2)CC1. The van der Waals surface area contributed by atoms with Crippen molar-refractivity contribution in [2.24, 2.45) is 0 Å². The van der Waals surface area contributed by atoms with Gasteiger partial charge in [0.05, 0.1) is 5.88 Å². The Bertz CT molecular complexity index is 333. The predicted molar refractivity (Wildman–Crippen MR) is 70.5 cm³/mol. The fourth-order valence-corrected chi connectivity index (χ4v) is 2.21. The van der Waals surface area contributed by atoms with E-state index in [1.807, 2.05) is 12.4 Å². The largest absolute Gasteiger partial charge is 0.338 e. The van der Waals surface area contributed by atoms with Crippen LogP contribution in [-0.2, 0) is 5.88 Å². The Balaban J connectivity index is 1.91. The van der Waals surface area contributed by atoms with E-state index in [1.165, 1.54) is 13.0 Å². The van der Waals surface area contributed by atoms with Gasteiger partial charge in [0, 0.05) is 44.1 Å². The van der Waals surface area contributed by atoms with Crippen LogP contribution in [0.5, 0.6) is 0 Å². The summed E-state index contributed by atoms with van der Waals surface area (Å²) in [6.07, 6.45) is 4.85. The lowest BCUT2D eigenvalue weighted by molar-refractivity contribution is 0.257. The molecule has 0 amide bonds. The van der Waals surface area contributed by atoms with Gasteiger partial charge >= 0.3 is 0 Å². The molecular formula is C12H19ClN4. The van der Waals surface area contributed by atoms with Crippen molar-refractivity contribution in [3.8, 4) is 0 Å². The molecule has 4 nitrogen and oxygen atoms in total. The second-order valence-electron chi connectivity index (χ2n) is 4.35. The maximum Gasteiger partial charge on any atom is 0.225 e. The van der Waals surface area contributed by atoms with Gasteiger partial charge in [-0.15, -0.1) is 11.6 Å². The molecule has 1 aromatic heterocycles. The zero-order chi connectivity index (χ0) is 12.1. The highest BCUT2D eigenvalue weighted by Gasteiger charge is 2.17. The molecule has 1 aromatic rings. The molecule has 1 fully saturated rings. The summed E-state index contributed by atoms with van der Waals surface area (Å²) in [5, 5.41) is 0. The summed E-state index contributed by atoms with van der Waals surface area (Å²) in [5.41, 5.74) is 0.972. The van der Waals surface area contributed by atoms with Crippen molar-refractivity contribution >= 4 is 17.5 Å². The number of piperazine rings is 1. The van der Waals surface area contributed by atoms with Crippen LogP contribution in [0.4, 0.5) is 5.95 Å². The molecule has 94 valence electrons. The first-order valence-electron chi connectivity index (χ1n) is 6.17. The first-order chi connectivity index (χ1) is 8.33. The first kappa shape index (κ1) is 12.6. The molecule has 0 bridgehead atoms. The van der Waals surface area contributed by atoms with Crippen LogP contribution < -0.4 is 4.90 Å². The molecule has 2 heterocycles. The summed E-state index contributed by atoms with van der Waals surface area (Å²) in [4.78, 5) is 13.4. The fraction of sp³-hybridized carbons (Fsp3) is 0.667. The number of alkyl halides is 1. The Morgan fingerprint density at radius 2 is 1.82 bits per heavy atom. The van der Waals surface area contributed by atoms with E-state index < -0.39 is 0 Å². The molecule has 0 atom stereocenters. The third kappa shape index (κ3) is 3.30. The molecule has 0 saturated carbocycles. The molecular weight excluding hydrogens is 236 g/mol. The van der Waals surface area contributed by atoms with Crippen molar-refractivity contribution in [1.29, 1.82) is 0 Å². The first-order valence-corrected chi connectivity index (χ1v) is 6.71. The summed E-state index contributed by atoms with van der Waals surface area (Å²) in [7, 11) is 0. The molecule has 2 rings (SSSR count). The number of nitrogens with zero attached hydrogens (tertiary/aromatic N) is 4. The number of halogens is 1. The average Bonchev–Trinajstić information content (AvgIpc) is 2.40. The zero-order valence-electron chi connectivity index (χ0n) is 10.3. The van der Waals surface area contributed by atoms with Gasteiger partial charge in [-0.2, -0.15) is 0 Å². The number of aromatic nitrogens is 2. The Morgan fingerprint density at radius 3 is 2.35 bits per heavy atom. The molecule has 1 aliphatic rings. The van der Waals surface area contributed by atoms with E-state index in [1.54, 1.807) is 0 Å². The third-order valence-corrected chi connectivity index (χ3v) is 3.35. The van der Waals surface area contributed by atoms with Gasteiger partial charge in [-0.25, -0.2) is 9.97 Å². The Labute approximate surface area is 108 Å². The number of anilines is 1. The molecule has 1 saturated heterocycles. The minimum atomic E-state index is 0.477. The van der Waals surface area contributed by atoms with E-state index >= 15 is 0 Å². The molecule has 0 N–H and O–H groups in total. The molecule has 1 aliphatic heterocycles. The van der Waals surface area contributed by atoms with E-state index in [0.717, 1.165) is 37.7 Å². The number of hydrogen-bond donors (Lipinski definition) is 0. The van der Waals surface area contributed by atoms with Crippen molar-refractivity contribution < 1.29 is 0 Å². The van der Waals surface area contributed by atoms with Crippen LogP contribution in [0.2, 0.25) is 0 Å². The van der Waals surface area contributed by atoms with E-state index in [0.29, 0.717) is 5.88 Å². The van der Waals surface area contributed by atoms with E-state index in [4.69, 9.17) is 11.6 Å². The van der Waals surface area contributed by atoms with Crippen molar-refractivity contribution in [3.63, 3.8) is 0 Å². The van der Waals surface area contributed by atoms with Gasteiger partial charge in [0.2, 0.25) is 5.95 Å². The summed E-state index contributed by atoms with van der Waals surface area (Å²) in [5.74, 6) is 1.31. The second-order valence-corrected chi connectivity index (χ2v) is 4.62. The van der Waals surface area contributed by atoms with Crippen molar-refractivity contribution in [1.82, 2.24) is 14.9 Å². The summed E-state index contributed by atoms with van der Waals surface area (Å²) < 4.78 is 0. The van der Waals surface area contributed by atoms with Crippen molar-refractivity contribution in [2.45, 2.75) is 19.2 Å². The highest BCUT2D eigenvalue weighted by molar-refractivity contribution is 6.17. The maximum absolute atomic E-state index is 5.72. The molecule has 0 unspecified atom stereocenters. The Morgan fingerprint density at radius 1 is 1.18 bits per heavy atom. The third-order valence-electron chi connectivity index (χ3n) is 3.04. The monoisotopic (exact) mass is 254 g/mol. The van der Waals surface area contributed by atoms with Gasteiger partial charge in [-0.3, -0.25) is 4.90 Å². The zero-order valence-corrected chi connectivity index (χ0v) is 11.0. The van der Waals surface area contributed by atoms with E-state index in [-0.39, 0.29) is 0 Å². The van der Waals surface area contributed by atoms with Gasteiger partial charge in [-0.05, 0) is 13.0 Å². The van der Waals surface area contributed by atoms with Crippen LogP contribution in [-0.4, -0.2) is 47.6 Å². The second kappa shape index (κ2) is 6.17. The lowest BCUT2D eigenvalue weighted by Gasteiger charge is -2.34. The van der Waals surface area contributed by atoms with Gasteiger partial charge in [0.1, 0.15) is 0 Å². The molecule has 0 radical (unpaired) electrons. The standard InChI is InChI=1S/C12H19ClN4/c1-2-3-16-4-6-17(7-5-16)12-14-9-11(8-13)10-15-12/h9-10H,2-8H2,1H3. The van der Waals surface area contributed by atoms with Crippen molar-refractivity contribution in [3.05, 3.63) is 18.0 Å². The molecule has 5 heteroatoms. The van der Waals surface area contributed by atoms with Gasteiger partial charge < -0.3 is 4.90 Å². The lowest BCUT2D eigenvalue weighted by Crippen LogP contribution is -2.47. The van der Waals surface area contributed by atoms with Crippen LogP contribution in [0.25, 0.3) is 0 Å². The summed E-state index contributed by atoms with van der Waals surface area (Å²) in [6, 6.07) is 0. The smallest absolute Gasteiger partial charge is 0.225 e. The minimum absolute atomic E-state index is 0.477. The number of rotatable bonds is 4. The van der Waals surface area contributed by atoms with Gasteiger partial charge in [-0.1, -0.05) is 6.92 Å².